The van der Waals surface area contributed by atoms with E-state index in [0.717, 1.165) is 5.56 Å². The number of nitrogens with zero attached hydrogens (tertiary/aromatic N) is 3. The fourth-order valence-electron chi connectivity index (χ4n) is 2.11. The molecule has 0 aromatic heterocycles. The summed E-state index contributed by atoms with van der Waals surface area (Å²) >= 11 is 0. The predicted octanol–water partition coefficient (Wildman–Crippen LogP) is 2.67. The number of hydrogen-bond acceptors (Lipinski definition) is 4. The number of aliphatic carboxylic acids is 1. The Kier molecular flexibility index (Phi) is 6.22. The number of amides is 1. The van der Waals surface area contributed by atoms with Gasteiger partial charge in [-0.3, -0.25) is 9.80 Å². The Balaban J connectivity index is 2.04. The van der Waals surface area contributed by atoms with Crippen molar-refractivity contribution in [2.75, 3.05) is 14.1 Å². The quantitative estimate of drug-likeness (QED) is 0.598. The smallest absolute Gasteiger partial charge is 0.326 e. The molecule has 7 heteroatoms. The number of nitrogens with one attached hydrogen (secondary N) is 1. The van der Waals surface area contributed by atoms with Gasteiger partial charge in [-0.15, -0.1) is 5.11 Å². The van der Waals surface area contributed by atoms with Gasteiger partial charge < -0.3 is 10.4 Å². The lowest BCUT2D eigenvalue weighted by Crippen LogP contribution is -2.42. The summed E-state index contributed by atoms with van der Waals surface area (Å²) < 4.78 is 0. The van der Waals surface area contributed by atoms with Gasteiger partial charge in [0.05, 0.1) is 5.69 Å². The van der Waals surface area contributed by atoms with Gasteiger partial charge in [0.25, 0.3) is 5.91 Å². The molecule has 0 fully saturated rings. The number of carboxylic acids is 1. The second-order valence-electron chi connectivity index (χ2n) is 5.64. The van der Waals surface area contributed by atoms with E-state index in [0.29, 0.717) is 11.3 Å². The minimum atomic E-state index is -1.08. The summed E-state index contributed by atoms with van der Waals surface area (Å²) in [6, 6.07) is 14.6. The van der Waals surface area contributed by atoms with Crippen LogP contribution in [0.1, 0.15) is 15.9 Å². The molecular weight excluding hydrogens is 320 g/mol. The summed E-state index contributed by atoms with van der Waals surface area (Å²) in [6.45, 7) is 0. The zero-order chi connectivity index (χ0) is 18.2. The molecular formula is C18H20N4O3. The van der Waals surface area contributed by atoms with Gasteiger partial charge in [0.15, 0.2) is 0 Å². The third-order valence-electron chi connectivity index (χ3n) is 3.35. The molecule has 0 heterocycles. The van der Waals surface area contributed by atoms with E-state index < -0.39 is 17.9 Å². The average molecular weight is 340 g/mol. The maximum Gasteiger partial charge on any atom is 0.326 e. The van der Waals surface area contributed by atoms with Crippen LogP contribution in [-0.4, -0.2) is 42.1 Å². The van der Waals surface area contributed by atoms with E-state index in [4.69, 9.17) is 0 Å². The molecule has 0 aliphatic heterocycles. The van der Waals surface area contributed by atoms with Gasteiger partial charge in [-0.1, -0.05) is 35.6 Å². The van der Waals surface area contributed by atoms with Crippen LogP contribution in [-0.2, 0) is 11.2 Å². The summed E-state index contributed by atoms with van der Waals surface area (Å²) in [5, 5.41) is 21.3. The highest BCUT2D eigenvalue weighted by molar-refractivity contribution is 5.96. The Morgan fingerprint density at radius 2 is 1.72 bits per heavy atom. The van der Waals surface area contributed by atoms with Crippen LogP contribution in [0.3, 0.4) is 0 Å². The van der Waals surface area contributed by atoms with E-state index in [1.807, 2.05) is 30.3 Å². The number of carbonyl (C=O) groups is 2. The first-order valence-corrected chi connectivity index (χ1v) is 7.72. The van der Waals surface area contributed by atoms with Crippen molar-refractivity contribution in [1.82, 2.24) is 10.3 Å². The summed E-state index contributed by atoms with van der Waals surface area (Å²) in [5.41, 5.74) is 1.81. The minimum Gasteiger partial charge on any atom is -0.480 e. The molecule has 0 aliphatic carbocycles. The third-order valence-corrected chi connectivity index (χ3v) is 3.35. The van der Waals surface area contributed by atoms with Crippen molar-refractivity contribution in [2.24, 2.45) is 10.3 Å². The molecule has 1 amide bonds. The van der Waals surface area contributed by atoms with E-state index in [1.165, 1.54) is 0 Å². The van der Waals surface area contributed by atoms with Crippen molar-refractivity contribution in [2.45, 2.75) is 12.5 Å². The molecule has 0 saturated carbocycles. The lowest BCUT2D eigenvalue weighted by atomic mass is 10.1. The van der Waals surface area contributed by atoms with E-state index >= 15 is 0 Å². The van der Waals surface area contributed by atoms with Crippen LogP contribution in [0.5, 0.6) is 0 Å². The Hall–Kier alpha value is -3.22. The Morgan fingerprint density at radius 3 is 2.28 bits per heavy atom. The van der Waals surface area contributed by atoms with Crippen molar-refractivity contribution >= 4 is 17.6 Å². The molecule has 0 aliphatic rings. The Labute approximate surface area is 146 Å². The number of carboxylic acid groups (broad SMARTS) is 1. The molecule has 0 bridgehead atoms. The zero-order valence-electron chi connectivity index (χ0n) is 14.1. The monoisotopic (exact) mass is 340 g/mol. The topological polar surface area (TPSA) is 94.4 Å². The first-order chi connectivity index (χ1) is 12.0. The summed E-state index contributed by atoms with van der Waals surface area (Å²) in [6.07, 6.45) is 0.219. The van der Waals surface area contributed by atoms with Crippen molar-refractivity contribution in [1.29, 1.82) is 0 Å². The largest absolute Gasteiger partial charge is 0.480 e. The van der Waals surface area contributed by atoms with Crippen LogP contribution in [0.4, 0.5) is 5.69 Å². The molecule has 130 valence electrons. The fraction of sp³-hybridized carbons (Fsp3) is 0.222. The molecule has 0 radical (unpaired) electrons. The molecule has 1 unspecified atom stereocenters. The van der Waals surface area contributed by atoms with Crippen LogP contribution >= 0.6 is 0 Å². The molecule has 2 aromatic carbocycles. The van der Waals surface area contributed by atoms with Crippen LogP contribution in [0, 0.1) is 0 Å². The molecule has 0 saturated heterocycles. The van der Waals surface area contributed by atoms with E-state index in [1.54, 1.807) is 43.4 Å². The lowest BCUT2D eigenvalue weighted by molar-refractivity contribution is -0.139. The summed E-state index contributed by atoms with van der Waals surface area (Å²) in [5.74, 6) is -1.52. The van der Waals surface area contributed by atoms with Crippen LogP contribution in [0.15, 0.2) is 64.9 Å². The van der Waals surface area contributed by atoms with Crippen molar-refractivity contribution in [3.05, 3.63) is 65.7 Å². The van der Waals surface area contributed by atoms with Crippen molar-refractivity contribution in [3.63, 3.8) is 0 Å². The lowest BCUT2D eigenvalue weighted by Gasteiger charge is -2.14. The number of rotatable bonds is 7. The SMILES string of the molecule is CN(C)N=Nc1ccc(C(=O)NC(Cc2ccccc2)C(=O)O)cc1. The van der Waals surface area contributed by atoms with Crippen LogP contribution < -0.4 is 5.32 Å². The minimum absolute atomic E-state index is 0.219. The molecule has 2 aromatic rings. The second kappa shape index (κ2) is 8.58. The highest BCUT2D eigenvalue weighted by Crippen LogP contribution is 2.14. The van der Waals surface area contributed by atoms with Gasteiger partial charge in [-0.2, -0.15) is 0 Å². The standard InChI is InChI=1S/C18H20N4O3/c1-22(2)21-20-15-10-8-14(9-11-15)17(23)19-16(18(24)25)12-13-6-4-3-5-7-13/h3-11,16H,12H2,1-2H3,(H,19,23)(H,24,25). The molecule has 2 N–H and O–H groups in total. The van der Waals surface area contributed by atoms with Gasteiger partial charge in [0, 0.05) is 26.1 Å². The van der Waals surface area contributed by atoms with Crippen LogP contribution in [0.2, 0.25) is 0 Å². The van der Waals surface area contributed by atoms with E-state index in [9.17, 15) is 14.7 Å². The van der Waals surface area contributed by atoms with E-state index in [2.05, 4.69) is 15.7 Å². The molecule has 1 atom stereocenters. The second-order valence-corrected chi connectivity index (χ2v) is 5.64. The van der Waals surface area contributed by atoms with E-state index in [-0.39, 0.29) is 6.42 Å². The molecule has 7 nitrogen and oxygen atoms in total. The normalized spacial score (nSPS) is 11.9. The van der Waals surface area contributed by atoms with Gasteiger partial charge in [-0.05, 0) is 29.8 Å². The van der Waals surface area contributed by atoms with Crippen molar-refractivity contribution in [3.8, 4) is 0 Å². The first kappa shape index (κ1) is 18.1. The highest BCUT2D eigenvalue weighted by atomic mass is 16.4. The van der Waals surface area contributed by atoms with Gasteiger partial charge in [-0.25, -0.2) is 4.79 Å². The number of hydrogen-bond donors (Lipinski definition) is 2. The average Bonchev–Trinajstić information content (AvgIpc) is 2.60. The third kappa shape index (κ3) is 5.72. The Morgan fingerprint density at radius 1 is 1.08 bits per heavy atom. The molecule has 2 rings (SSSR count). The van der Waals surface area contributed by atoms with Crippen molar-refractivity contribution < 1.29 is 14.7 Å². The zero-order valence-corrected chi connectivity index (χ0v) is 14.1. The van der Waals surface area contributed by atoms with Gasteiger partial charge in [0.2, 0.25) is 0 Å². The van der Waals surface area contributed by atoms with Crippen LogP contribution in [0.25, 0.3) is 0 Å². The number of carbonyl (C=O) groups excluding carboxylic acids is 1. The first-order valence-electron chi connectivity index (χ1n) is 7.72. The Bertz CT molecular complexity index is 743. The maximum absolute atomic E-state index is 12.3. The molecule has 0 spiro atoms. The highest BCUT2D eigenvalue weighted by Gasteiger charge is 2.21. The summed E-state index contributed by atoms with van der Waals surface area (Å²) in [7, 11) is 3.51. The molecule has 25 heavy (non-hydrogen) atoms. The predicted molar refractivity (Wildman–Crippen MR) is 93.7 cm³/mol. The maximum atomic E-state index is 12.3. The number of benzene rings is 2. The van der Waals surface area contributed by atoms with Gasteiger partial charge >= 0.3 is 5.97 Å². The van der Waals surface area contributed by atoms with Gasteiger partial charge in [0.1, 0.15) is 6.04 Å². The summed E-state index contributed by atoms with van der Waals surface area (Å²) in [4.78, 5) is 23.7. The fourth-order valence-corrected chi connectivity index (χ4v) is 2.11.